The first kappa shape index (κ1) is 92.0. The molecule has 0 fully saturated rings. The maximum absolute atomic E-state index is 13.1. The van der Waals surface area contributed by atoms with Gasteiger partial charge in [-0.3, -0.25) is 37.3 Å². The maximum Gasteiger partial charge on any atom is 0.472 e. The molecule has 0 aromatic rings. The Kier molecular flexibility index (Phi) is 66.0. The van der Waals surface area contributed by atoms with Gasteiger partial charge in [0.1, 0.15) is 19.3 Å². The monoisotopic (exact) mass is 1390 g/mol. The molecule has 0 rings (SSSR count). The predicted molar refractivity (Wildman–Crippen MR) is 386 cm³/mol. The van der Waals surface area contributed by atoms with Crippen molar-refractivity contribution in [3.63, 3.8) is 0 Å². The normalized spacial score (nSPS) is 14.3. The van der Waals surface area contributed by atoms with Crippen LogP contribution in [0.25, 0.3) is 0 Å². The van der Waals surface area contributed by atoms with Gasteiger partial charge in [0.05, 0.1) is 26.4 Å². The van der Waals surface area contributed by atoms with Crippen LogP contribution >= 0.6 is 15.6 Å². The van der Waals surface area contributed by atoms with Gasteiger partial charge in [-0.05, 0) is 83.0 Å². The Bertz CT molecular complexity index is 2010. The van der Waals surface area contributed by atoms with Gasteiger partial charge in [-0.15, -0.1) is 0 Å². The smallest absolute Gasteiger partial charge is 0.462 e. The SMILES string of the molecule is CCCCCC/C=C\C=C/CCCCCCCC(=O)OC[C@H](COP(=O)(O)OC[C@@H](O)COP(=O)(O)OC[C@@H](COC(=O)CCCCCCCCCCCCC)OC(=O)CCCCCCCCCCCCCC(C)C)OC(=O)CCCCCCC/C=C\C=C/CCCCCC. The third-order valence-electron chi connectivity index (χ3n) is 16.5. The van der Waals surface area contributed by atoms with Crippen LogP contribution in [0.1, 0.15) is 349 Å². The summed E-state index contributed by atoms with van der Waals surface area (Å²) in [4.78, 5) is 72.8. The van der Waals surface area contributed by atoms with E-state index >= 15 is 0 Å². The highest BCUT2D eigenvalue weighted by Gasteiger charge is 2.30. The van der Waals surface area contributed by atoms with Gasteiger partial charge in [-0.25, -0.2) is 9.13 Å². The number of unbranched alkanes of at least 4 members (excludes halogenated alkanes) is 38. The molecular weight excluding hydrogens is 1250 g/mol. The number of rotatable bonds is 72. The first-order valence-electron chi connectivity index (χ1n) is 38.3. The summed E-state index contributed by atoms with van der Waals surface area (Å²) in [7, 11) is -9.93. The Balaban J connectivity index is 5.33. The summed E-state index contributed by atoms with van der Waals surface area (Å²) in [6.07, 6.45) is 62.5. The maximum atomic E-state index is 13.1. The summed E-state index contributed by atoms with van der Waals surface area (Å²) in [6, 6.07) is 0. The van der Waals surface area contributed by atoms with Crippen LogP contribution in [0.15, 0.2) is 48.6 Å². The van der Waals surface area contributed by atoms with Crippen LogP contribution in [0.5, 0.6) is 0 Å². The van der Waals surface area contributed by atoms with Crippen LogP contribution < -0.4 is 0 Å². The average Bonchev–Trinajstić information content (AvgIpc) is 1.50. The first-order chi connectivity index (χ1) is 46.0. The van der Waals surface area contributed by atoms with Crippen molar-refractivity contribution in [3.05, 3.63) is 48.6 Å². The Morgan fingerprint density at radius 1 is 0.326 bits per heavy atom. The largest absolute Gasteiger partial charge is 0.472 e. The fourth-order valence-corrected chi connectivity index (χ4v) is 12.2. The van der Waals surface area contributed by atoms with E-state index in [-0.39, 0.29) is 25.7 Å². The molecule has 556 valence electrons. The molecule has 0 amide bonds. The minimum Gasteiger partial charge on any atom is -0.462 e. The molecule has 0 aromatic heterocycles. The van der Waals surface area contributed by atoms with Crippen molar-refractivity contribution in [1.82, 2.24) is 0 Å². The van der Waals surface area contributed by atoms with Crippen LogP contribution in [-0.2, 0) is 65.4 Å². The fraction of sp³-hybridized carbons (Fsp3) is 0.842. The van der Waals surface area contributed by atoms with Gasteiger partial charge in [0, 0.05) is 25.7 Å². The Labute approximate surface area is 578 Å². The van der Waals surface area contributed by atoms with E-state index < -0.39 is 97.5 Å². The standard InChI is InChI=1S/C76H140O17P2/c1-6-9-12-15-18-21-24-26-28-30-35-40-45-50-55-60-74(79)87-66-72(92-75(80)61-56-51-46-41-36-31-29-27-25-22-19-16-13-10-7-2)68-91-95(84,85)89-64-70(77)63-88-94(82,83)90-67-71(65-86-73(78)59-54-49-44-39-33-23-20-17-14-11-8-3)93-76(81)62-57-52-47-42-37-32-34-38-43-48-53-58-69(4)5/h21-22,24-29,69-72,77H,6-20,23,30-68H2,1-5H3,(H,82,83)(H,84,85)/b24-21-,25-22-,28-26-,29-27-/t70-,71+,72+/m0/s1. The van der Waals surface area contributed by atoms with Crippen LogP contribution in [0.3, 0.4) is 0 Å². The van der Waals surface area contributed by atoms with Gasteiger partial charge in [0.15, 0.2) is 12.2 Å². The molecule has 0 saturated carbocycles. The number of phosphoric ester groups is 2. The van der Waals surface area contributed by atoms with E-state index in [9.17, 15) is 43.2 Å². The summed E-state index contributed by atoms with van der Waals surface area (Å²) >= 11 is 0. The van der Waals surface area contributed by atoms with Crippen molar-refractivity contribution in [2.24, 2.45) is 5.92 Å². The van der Waals surface area contributed by atoms with Gasteiger partial charge < -0.3 is 33.8 Å². The summed E-state index contributed by atoms with van der Waals surface area (Å²) < 4.78 is 68.4. The van der Waals surface area contributed by atoms with Crippen LogP contribution in [0.4, 0.5) is 0 Å². The molecule has 0 spiro atoms. The zero-order valence-electron chi connectivity index (χ0n) is 60.8. The summed E-state index contributed by atoms with van der Waals surface area (Å²) in [5.74, 6) is -1.41. The van der Waals surface area contributed by atoms with E-state index in [4.69, 9.17) is 37.0 Å². The molecule has 0 aliphatic carbocycles. The van der Waals surface area contributed by atoms with E-state index in [2.05, 4.69) is 83.2 Å². The number of phosphoric acid groups is 2. The number of hydrogen-bond donors (Lipinski definition) is 3. The van der Waals surface area contributed by atoms with Crippen molar-refractivity contribution in [1.29, 1.82) is 0 Å². The van der Waals surface area contributed by atoms with E-state index in [1.54, 1.807) is 0 Å². The Hall–Kier alpha value is -2.98. The molecular formula is C76H140O17P2. The Morgan fingerprint density at radius 2 is 0.568 bits per heavy atom. The van der Waals surface area contributed by atoms with Gasteiger partial charge in [0.2, 0.25) is 0 Å². The molecule has 17 nitrogen and oxygen atoms in total. The second-order valence-corrected chi connectivity index (χ2v) is 29.4. The lowest BCUT2D eigenvalue weighted by Crippen LogP contribution is -2.30. The van der Waals surface area contributed by atoms with Crippen LogP contribution in [0, 0.1) is 5.92 Å². The second-order valence-electron chi connectivity index (χ2n) is 26.5. The minimum atomic E-state index is -4.97. The van der Waals surface area contributed by atoms with E-state index in [0.29, 0.717) is 25.7 Å². The highest BCUT2D eigenvalue weighted by atomic mass is 31.2. The third kappa shape index (κ3) is 69.3. The molecule has 0 radical (unpaired) electrons. The summed E-state index contributed by atoms with van der Waals surface area (Å²) in [6.45, 7) is 7.15. The number of carbonyl (C=O) groups excluding carboxylic acids is 4. The molecule has 0 saturated heterocycles. The van der Waals surface area contributed by atoms with Crippen molar-refractivity contribution >= 4 is 39.5 Å². The lowest BCUT2D eigenvalue weighted by molar-refractivity contribution is -0.161. The number of ether oxygens (including phenoxy) is 4. The van der Waals surface area contributed by atoms with Gasteiger partial charge >= 0.3 is 39.5 Å². The van der Waals surface area contributed by atoms with Gasteiger partial charge in [0.25, 0.3) is 0 Å². The van der Waals surface area contributed by atoms with Gasteiger partial charge in [-0.2, -0.15) is 0 Å². The third-order valence-corrected chi connectivity index (χ3v) is 18.4. The first-order valence-corrected chi connectivity index (χ1v) is 41.3. The lowest BCUT2D eigenvalue weighted by atomic mass is 10.0. The van der Waals surface area contributed by atoms with Crippen molar-refractivity contribution in [2.75, 3.05) is 39.6 Å². The van der Waals surface area contributed by atoms with Crippen molar-refractivity contribution < 1.29 is 80.2 Å². The van der Waals surface area contributed by atoms with Crippen LogP contribution in [0.2, 0.25) is 0 Å². The molecule has 3 N–H and O–H groups in total. The number of hydrogen-bond acceptors (Lipinski definition) is 15. The van der Waals surface area contributed by atoms with E-state index in [0.717, 1.165) is 128 Å². The number of allylic oxidation sites excluding steroid dienone is 8. The molecule has 0 aliphatic heterocycles. The molecule has 0 heterocycles. The topological polar surface area (TPSA) is 237 Å². The quantitative estimate of drug-likeness (QED) is 0.0169. The zero-order valence-corrected chi connectivity index (χ0v) is 62.6. The summed E-state index contributed by atoms with van der Waals surface area (Å²) in [5, 5.41) is 10.6. The second kappa shape index (κ2) is 68.2. The Morgan fingerprint density at radius 3 is 0.863 bits per heavy atom. The molecule has 0 bridgehead atoms. The molecule has 0 aromatic carbocycles. The molecule has 5 atom stereocenters. The van der Waals surface area contributed by atoms with Crippen molar-refractivity contribution in [3.8, 4) is 0 Å². The van der Waals surface area contributed by atoms with Crippen LogP contribution in [-0.4, -0.2) is 96.7 Å². The summed E-state index contributed by atoms with van der Waals surface area (Å²) in [5.41, 5.74) is 0. The number of aliphatic hydroxyl groups excluding tert-OH is 1. The number of aliphatic hydroxyl groups is 1. The van der Waals surface area contributed by atoms with E-state index in [1.807, 2.05) is 0 Å². The highest BCUT2D eigenvalue weighted by Crippen LogP contribution is 2.45. The highest BCUT2D eigenvalue weighted by molar-refractivity contribution is 7.47. The molecule has 0 aliphatic rings. The van der Waals surface area contributed by atoms with E-state index in [1.165, 1.54) is 141 Å². The number of carbonyl (C=O) groups is 4. The lowest BCUT2D eigenvalue weighted by Gasteiger charge is -2.21. The van der Waals surface area contributed by atoms with Crippen molar-refractivity contribution in [2.45, 2.75) is 368 Å². The molecule has 95 heavy (non-hydrogen) atoms. The number of esters is 4. The predicted octanol–water partition coefficient (Wildman–Crippen LogP) is 21.6. The molecule has 19 heteroatoms. The zero-order chi connectivity index (χ0) is 69.8. The average molecular weight is 1390 g/mol. The molecule has 2 unspecified atom stereocenters. The fourth-order valence-electron chi connectivity index (χ4n) is 10.6. The minimum absolute atomic E-state index is 0.0783. The van der Waals surface area contributed by atoms with Gasteiger partial charge in [-0.1, -0.05) is 295 Å².